The van der Waals surface area contributed by atoms with Crippen LogP contribution in [0.1, 0.15) is 18.9 Å². The number of benzene rings is 1. The molecule has 0 aromatic heterocycles. The van der Waals surface area contributed by atoms with Crippen LogP contribution in [0.25, 0.3) is 0 Å². The number of aliphatic hydroxyl groups excluding tert-OH is 1. The molecule has 0 spiro atoms. The van der Waals surface area contributed by atoms with Crippen LogP contribution in [0, 0.1) is 0 Å². The molecule has 120 valence electrons. The highest BCUT2D eigenvalue weighted by Crippen LogP contribution is 2.04. The summed E-state index contributed by atoms with van der Waals surface area (Å²) in [6, 6.07) is 8.49. The molecule has 0 heterocycles. The third-order valence-electron chi connectivity index (χ3n) is 2.90. The highest BCUT2D eigenvalue weighted by molar-refractivity contribution is 5.87. The molecule has 0 fully saturated rings. The number of hydrogen-bond acceptors (Lipinski definition) is 3. The molecule has 3 N–H and O–H groups in total. The Labute approximate surface area is 129 Å². The number of carbonyl (C=O) groups is 2. The third-order valence-corrected chi connectivity index (χ3v) is 2.90. The van der Waals surface area contributed by atoms with Gasteiger partial charge in [0.2, 0.25) is 11.8 Å². The highest BCUT2D eigenvalue weighted by Gasteiger charge is 2.19. The summed E-state index contributed by atoms with van der Waals surface area (Å²) in [5.74, 6) is -1.30. The molecule has 0 aliphatic carbocycles. The predicted octanol–water partition coefficient (Wildman–Crippen LogP) is 1.09. The van der Waals surface area contributed by atoms with Gasteiger partial charge in [0.05, 0.1) is 6.54 Å². The molecule has 22 heavy (non-hydrogen) atoms. The molecule has 0 aliphatic rings. The van der Waals surface area contributed by atoms with Crippen LogP contribution in [0.2, 0.25) is 0 Å². The van der Waals surface area contributed by atoms with Crippen LogP contribution in [0.15, 0.2) is 42.2 Å². The van der Waals surface area contributed by atoms with Crippen LogP contribution in [-0.4, -0.2) is 36.1 Å². The van der Waals surface area contributed by atoms with Gasteiger partial charge in [-0.15, -0.1) is 0 Å². The second kappa shape index (κ2) is 9.68. The fourth-order valence-electron chi connectivity index (χ4n) is 1.89. The molecule has 0 aliphatic heterocycles. The molecule has 0 saturated carbocycles. The van der Waals surface area contributed by atoms with Crippen molar-refractivity contribution in [3.63, 3.8) is 0 Å². The van der Waals surface area contributed by atoms with Crippen LogP contribution in [0.5, 0.6) is 0 Å². The molecule has 0 radical (unpaired) electrons. The van der Waals surface area contributed by atoms with E-state index in [-0.39, 0.29) is 25.5 Å². The Morgan fingerprint density at radius 3 is 2.59 bits per heavy atom. The van der Waals surface area contributed by atoms with Crippen molar-refractivity contribution in [1.82, 2.24) is 10.6 Å². The molecular weight excluding hydrogens is 287 g/mol. The van der Waals surface area contributed by atoms with E-state index in [0.29, 0.717) is 6.42 Å². The largest absolute Gasteiger partial charge is 0.396 e. The van der Waals surface area contributed by atoms with E-state index in [1.807, 2.05) is 30.3 Å². The molecule has 1 atom stereocenters. The van der Waals surface area contributed by atoms with E-state index >= 15 is 0 Å². The van der Waals surface area contributed by atoms with E-state index in [4.69, 9.17) is 5.11 Å². The van der Waals surface area contributed by atoms with E-state index in [0.717, 1.165) is 5.56 Å². The van der Waals surface area contributed by atoms with Crippen molar-refractivity contribution in [1.29, 1.82) is 0 Å². The first-order valence-corrected chi connectivity index (χ1v) is 7.07. The van der Waals surface area contributed by atoms with E-state index in [1.165, 1.54) is 13.0 Å². The lowest BCUT2D eigenvalue weighted by Gasteiger charge is -2.17. The average molecular weight is 308 g/mol. The van der Waals surface area contributed by atoms with Crippen molar-refractivity contribution >= 4 is 11.8 Å². The van der Waals surface area contributed by atoms with Gasteiger partial charge in [0, 0.05) is 20.0 Å². The number of aliphatic hydroxyl groups is 1. The van der Waals surface area contributed by atoms with E-state index in [1.54, 1.807) is 0 Å². The summed E-state index contributed by atoms with van der Waals surface area (Å²) in [4.78, 5) is 23.3. The van der Waals surface area contributed by atoms with Gasteiger partial charge in [0.1, 0.15) is 11.9 Å². The standard InChI is InChI=1S/C16H21FN2O3/c1-12(21)19-15(10-13-6-3-2-4-7-13)16(22)18-11-14(17)8-5-9-20/h2-4,6-8,15,20H,5,9-11H2,1H3,(H,18,22)(H,19,21)/t15-/m0/s1. The van der Waals surface area contributed by atoms with Gasteiger partial charge in [0.15, 0.2) is 0 Å². The van der Waals surface area contributed by atoms with Crippen LogP contribution in [0.3, 0.4) is 0 Å². The van der Waals surface area contributed by atoms with Crippen LogP contribution in [-0.2, 0) is 16.0 Å². The SMILES string of the molecule is CC(=O)N[C@@H](Cc1ccccc1)C(=O)NCC(F)=CCCO. The number of rotatable bonds is 8. The Kier molecular flexibility index (Phi) is 7.85. The minimum atomic E-state index is -0.759. The normalized spacial score (nSPS) is 12.6. The summed E-state index contributed by atoms with van der Waals surface area (Å²) < 4.78 is 13.4. The number of hydrogen-bond donors (Lipinski definition) is 3. The van der Waals surface area contributed by atoms with E-state index < -0.39 is 17.8 Å². The number of carbonyl (C=O) groups excluding carboxylic acids is 2. The van der Waals surface area contributed by atoms with Gasteiger partial charge >= 0.3 is 0 Å². The molecule has 1 rings (SSSR count). The molecule has 2 amide bonds. The topological polar surface area (TPSA) is 78.4 Å². The summed E-state index contributed by atoms with van der Waals surface area (Å²) in [7, 11) is 0. The summed E-state index contributed by atoms with van der Waals surface area (Å²) in [5, 5.41) is 13.6. The zero-order valence-electron chi connectivity index (χ0n) is 12.5. The lowest BCUT2D eigenvalue weighted by molar-refractivity contribution is -0.128. The molecule has 0 bridgehead atoms. The highest BCUT2D eigenvalue weighted by atomic mass is 19.1. The Bertz CT molecular complexity index is 517. The molecule has 1 aromatic carbocycles. The van der Waals surface area contributed by atoms with E-state index in [2.05, 4.69) is 10.6 Å². The lowest BCUT2D eigenvalue weighted by Crippen LogP contribution is -2.47. The predicted molar refractivity (Wildman–Crippen MR) is 81.7 cm³/mol. The van der Waals surface area contributed by atoms with Crippen molar-refractivity contribution in [2.75, 3.05) is 13.2 Å². The van der Waals surface area contributed by atoms with Crippen molar-refractivity contribution in [3.05, 3.63) is 47.8 Å². The fraction of sp³-hybridized carbons (Fsp3) is 0.375. The maximum atomic E-state index is 13.4. The number of amides is 2. The fourth-order valence-corrected chi connectivity index (χ4v) is 1.89. The van der Waals surface area contributed by atoms with Gasteiger partial charge in [-0.2, -0.15) is 0 Å². The van der Waals surface area contributed by atoms with Crippen molar-refractivity contribution in [2.24, 2.45) is 0 Å². The zero-order valence-corrected chi connectivity index (χ0v) is 12.5. The van der Waals surface area contributed by atoms with Crippen molar-refractivity contribution in [3.8, 4) is 0 Å². The quantitative estimate of drug-likeness (QED) is 0.672. The molecule has 1 aromatic rings. The second-order valence-electron chi connectivity index (χ2n) is 4.82. The zero-order chi connectivity index (χ0) is 16.4. The van der Waals surface area contributed by atoms with Crippen LogP contribution >= 0.6 is 0 Å². The first kappa shape index (κ1) is 17.8. The average Bonchev–Trinajstić information content (AvgIpc) is 2.50. The molecule has 6 heteroatoms. The smallest absolute Gasteiger partial charge is 0.243 e. The van der Waals surface area contributed by atoms with Gasteiger partial charge in [-0.3, -0.25) is 9.59 Å². The Hall–Kier alpha value is -2.21. The third kappa shape index (κ3) is 6.99. The van der Waals surface area contributed by atoms with E-state index in [9.17, 15) is 14.0 Å². The minimum Gasteiger partial charge on any atom is -0.396 e. The maximum absolute atomic E-state index is 13.4. The van der Waals surface area contributed by atoms with Gasteiger partial charge in [-0.25, -0.2) is 4.39 Å². The first-order chi connectivity index (χ1) is 10.5. The monoisotopic (exact) mass is 308 g/mol. The first-order valence-electron chi connectivity index (χ1n) is 7.07. The minimum absolute atomic E-state index is 0.149. The Morgan fingerprint density at radius 1 is 1.32 bits per heavy atom. The summed E-state index contributed by atoms with van der Waals surface area (Å²) in [6.45, 7) is 0.917. The van der Waals surface area contributed by atoms with Gasteiger partial charge in [-0.1, -0.05) is 30.3 Å². The summed E-state index contributed by atoms with van der Waals surface area (Å²) >= 11 is 0. The molecular formula is C16H21FN2O3. The van der Waals surface area contributed by atoms with Gasteiger partial charge in [0.25, 0.3) is 0 Å². The van der Waals surface area contributed by atoms with Crippen LogP contribution < -0.4 is 10.6 Å². The second-order valence-corrected chi connectivity index (χ2v) is 4.82. The number of nitrogens with one attached hydrogen (secondary N) is 2. The molecule has 5 nitrogen and oxygen atoms in total. The van der Waals surface area contributed by atoms with Gasteiger partial charge < -0.3 is 15.7 Å². The Balaban J connectivity index is 2.62. The molecule has 0 unspecified atom stereocenters. The Morgan fingerprint density at radius 2 is 2.00 bits per heavy atom. The molecule has 0 saturated heterocycles. The lowest BCUT2D eigenvalue weighted by atomic mass is 10.1. The van der Waals surface area contributed by atoms with Crippen molar-refractivity contribution < 1.29 is 19.1 Å². The summed E-state index contributed by atoms with van der Waals surface area (Å²) in [5.41, 5.74) is 0.896. The van der Waals surface area contributed by atoms with Crippen molar-refractivity contribution in [2.45, 2.75) is 25.8 Å². The number of halogens is 1. The summed E-state index contributed by atoms with van der Waals surface area (Å²) in [6.07, 6.45) is 1.74. The van der Waals surface area contributed by atoms with Crippen LogP contribution in [0.4, 0.5) is 4.39 Å². The maximum Gasteiger partial charge on any atom is 0.243 e. The van der Waals surface area contributed by atoms with Gasteiger partial charge in [-0.05, 0) is 18.1 Å².